The average Bonchev–Trinajstić information content (AvgIpc) is 2.91. The van der Waals surface area contributed by atoms with Crippen LogP contribution < -0.4 is 11.1 Å². The van der Waals surface area contributed by atoms with Gasteiger partial charge in [-0.05, 0) is 154 Å². The van der Waals surface area contributed by atoms with Gasteiger partial charge in [-0.1, -0.05) is 77.9 Å². The van der Waals surface area contributed by atoms with Gasteiger partial charge in [0.15, 0.2) is 0 Å². The number of nitrogens with one attached hydrogen (secondary N) is 1. The van der Waals surface area contributed by atoms with Crippen molar-refractivity contribution < 1.29 is 0 Å². The molecule has 230 valence electrons. The molecule has 1 fully saturated rings. The predicted molar refractivity (Wildman–Crippen MR) is 180 cm³/mol. The average molecular weight is 562 g/mol. The minimum absolute atomic E-state index is 0.203. The van der Waals surface area contributed by atoms with E-state index in [2.05, 4.69) is 102 Å². The number of rotatable bonds is 14. The Morgan fingerprint density at radius 1 is 0.780 bits per heavy atom. The van der Waals surface area contributed by atoms with Gasteiger partial charge in [-0.3, -0.25) is 0 Å². The molecule has 41 heavy (non-hydrogen) atoms. The molecule has 1 heterocycles. The molecule has 2 aromatic carbocycles. The molecule has 0 atom stereocenters. The molecule has 0 spiro atoms. The van der Waals surface area contributed by atoms with E-state index < -0.39 is 0 Å². The maximum Gasteiger partial charge on any atom is 0.00674 e. The van der Waals surface area contributed by atoms with Crippen LogP contribution in [0, 0.1) is 19.8 Å². The largest absolute Gasteiger partial charge is 0.330 e. The molecule has 0 radical (unpaired) electrons. The highest BCUT2D eigenvalue weighted by Crippen LogP contribution is 2.27. The Morgan fingerprint density at radius 3 is 1.71 bits per heavy atom. The third-order valence-corrected chi connectivity index (χ3v) is 9.51. The number of nitrogens with two attached hydrogens (primary N) is 1. The van der Waals surface area contributed by atoms with Crippen molar-refractivity contribution in [3.63, 3.8) is 0 Å². The van der Waals surface area contributed by atoms with Crippen molar-refractivity contribution in [2.45, 2.75) is 130 Å². The van der Waals surface area contributed by atoms with E-state index in [1.165, 1.54) is 111 Å². The summed E-state index contributed by atoms with van der Waals surface area (Å²) < 4.78 is 0. The van der Waals surface area contributed by atoms with Gasteiger partial charge in [0.05, 0.1) is 0 Å². The monoisotopic (exact) mass is 562 g/mol. The molecule has 3 rings (SSSR count). The summed E-state index contributed by atoms with van der Waals surface area (Å²) in [5, 5.41) is 4.08. The predicted octanol–water partition coefficient (Wildman–Crippen LogP) is 8.26. The lowest BCUT2D eigenvalue weighted by atomic mass is 9.84. The maximum atomic E-state index is 5.74. The fourth-order valence-electron chi connectivity index (χ4n) is 6.30. The molecule has 0 aromatic heterocycles. The van der Waals surface area contributed by atoms with Gasteiger partial charge in [0.1, 0.15) is 0 Å². The van der Waals surface area contributed by atoms with Crippen LogP contribution in [0.5, 0.6) is 0 Å². The summed E-state index contributed by atoms with van der Waals surface area (Å²) in [5.41, 5.74) is 15.0. The van der Waals surface area contributed by atoms with Gasteiger partial charge in [-0.15, -0.1) is 0 Å². The lowest BCUT2D eigenvalue weighted by Gasteiger charge is -2.33. The van der Waals surface area contributed by atoms with Crippen LogP contribution in [0.2, 0.25) is 0 Å². The second-order valence-corrected chi connectivity index (χ2v) is 15.1. The molecular weight excluding hydrogens is 498 g/mol. The smallest absolute Gasteiger partial charge is 0.00674 e. The summed E-state index contributed by atoms with van der Waals surface area (Å²) in [4.78, 5) is 2.61. The molecule has 0 amide bonds. The van der Waals surface area contributed by atoms with E-state index >= 15 is 0 Å². The minimum Gasteiger partial charge on any atom is -0.330 e. The molecule has 3 heteroatoms. The fraction of sp³-hybridized carbons (Fsp3) is 0.684. The summed E-state index contributed by atoms with van der Waals surface area (Å²) in [5.74, 6) is 0.808. The van der Waals surface area contributed by atoms with Crippen LogP contribution in [-0.2, 0) is 23.7 Å². The SMILES string of the molecule is Cc1ccc(C(C)(C)C)cc1CCCC(CCCc1cc(C(C)(C)C)ccc1C)NCC1CCN(CCCN)CC1. The highest BCUT2D eigenvalue weighted by Gasteiger charge is 2.21. The molecule has 0 unspecified atom stereocenters. The Labute approximate surface area is 254 Å². The van der Waals surface area contributed by atoms with Crippen LogP contribution in [-0.4, -0.2) is 43.7 Å². The van der Waals surface area contributed by atoms with Gasteiger partial charge >= 0.3 is 0 Å². The van der Waals surface area contributed by atoms with E-state index in [9.17, 15) is 0 Å². The van der Waals surface area contributed by atoms with Gasteiger partial charge in [-0.2, -0.15) is 0 Å². The van der Waals surface area contributed by atoms with Gasteiger partial charge in [0.25, 0.3) is 0 Å². The van der Waals surface area contributed by atoms with Crippen LogP contribution in [0.3, 0.4) is 0 Å². The number of piperidine rings is 1. The van der Waals surface area contributed by atoms with Crippen LogP contribution in [0.15, 0.2) is 36.4 Å². The summed E-state index contributed by atoms with van der Waals surface area (Å²) in [6, 6.07) is 14.9. The highest BCUT2D eigenvalue weighted by molar-refractivity contribution is 5.35. The standard InChI is InChI=1S/C38H63N3/c1-29-16-18-34(37(3,4)5)26-32(29)12-9-14-36(40-28-31-20-24-41(25-21-31)23-11-22-39)15-10-13-33-27-35(38(6,7)8)19-17-30(33)2/h16-19,26-27,31,36,40H,9-15,20-25,28,39H2,1-8H3. The first-order valence-electron chi connectivity index (χ1n) is 16.7. The Balaban J connectivity index is 1.59. The van der Waals surface area contributed by atoms with Crippen molar-refractivity contribution in [1.82, 2.24) is 10.2 Å². The zero-order valence-corrected chi connectivity index (χ0v) is 28.0. The molecule has 1 aliphatic rings. The molecule has 0 bridgehead atoms. The number of hydrogen-bond donors (Lipinski definition) is 2. The Bertz CT molecular complexity index is 981. The molecular formula is C38H63N3. The van der Waals surface area contributed by atoms with Crippen molar-refractivity contribution in [3.05, 3.63) is 69.8 Å². The molecule has 3 N–H and O–H groups in total. The minimum atomic E-state index is 0.203. The van der Waals surface area contributed by atoms with Gasteiger partial charge in [0.2, 0.25) is 0 Å². The third kappa shape index (κ3) is 11.2. The second-order valence-electron chi connectivity index (χ2n) is 15.1. The van der Waals surface area contributed by atoms with Crippen molar-refractivity contribution in [2.75, 3.05) is 32.7 Å². The quantitative estimate of drug-likeness (QED) is 0.244. The summed E-state index contributed by atoms with van der Waals surface area (Å²) in [6.07, 6.45) is 11.2. The first-order valence-corrected chi connectivity index (χ1v) is 16.7. The summed E-state index contributed by atoms with van der Waals surface area (Å²) in [6.45, 7) is 24.1. The molecule has 2 aromatic rings. The number of likely N-dealkylation sites (tertiary alicyclic amines) is 1. The number of hydrogen-bond acceptors (Lipinski definition) is 3. The number of nitrogens with zero attached hydrogens (tertiary/aromatic N) is 1. The Morgan fingerprint density at radius 2 is 1.27 bits per heavy atom. The fourth-order valence-corrected chi connectivity index (χ4v) is 6.30. The highest BCUT2D eigenvalue weighted by atomic mass is 15.1. The number of aryl methyl sites for hydroxylation is 4. The molecule has 1 aliphatic heterocycles. The van der Waals surface area contributed by atoms with Crippen LogP contribution in [0.4, 0.5) is 0 Å². The van der Waals surface area contributed by atoms with E-state index in [0.717, 1.165) is 18.9 Å². The Hall–Kier alpha value is -1.68. The third-order valence-electron chi connectivity index (χ3n) is 9.51. The van der Waals surface area contributed by atoms with E-state index in [1.54, 1.807) is 0 Å². The van der Waals surface area contributed by atoms with E-state index in [1.807, 2.05) is 0 Å². The van der Waals surface area contributed by atoms with Crippen molar-refractivity contribution in [3.8, 4) is 0 Å². The summed E-state index contributed by atoms with van der Waals surface area (Å²) >= 11 is 0. The lowest BCUT2D eigenvalue weighted by molar-refractivity contribution is 0.178. The molecule has 3 nitrogen and oxygen atoms in total. The van der Waals surface area contributed by atoms with E-state index in [4.69, 9.17) is 5.73 Å². The first kappa shape index (κ1) is 33.8. The Kier molecular flexibility index (Phi) is 12.9. The molecule has 0 aliphatic carbocycles. The van der Waals surface area contributed by atoms with Crippen LogP contribution in [0.25, 0.3) is 0 Å². The van der Waals surface area contributed by atoms with Gasteiger partial charge in [-0.25, -0.2) is 0 Å². The zero-order chi connectivity index (χ0) is 30.0. The van der Waals surface area contributed by atoms with Gasteiger partial charge in [0, 0.05) is 6.04 Å². The van der Waals surface area contributed by atoms with E-state index in [-0.39, 0.29) is 10.8 Å². The van der Waals surface area contributed by atoms with E-state index in [0.29, 0.717) is 6.04 Å². The molecule has 1 saturated heterocycles. The van der Waals surface area contributed by atoms with Crippen molar-refractivity contribution >= 4 is 0 Å². The normalized spacial score (nSPS) is 15.7. The lowest BCUT2D eigenvalue weighted by Crippen LogP contribution is -2.40. The summed E-state index contributed by atoms with van der Waals surface area (Å²) in [7, 11) is 0. The van der Waals surface area contributed by atoms with Crippen LogP contribution >= 0.6 is 0 Å². The van der Waals surface area contributed by atoms with Crippen molar-refractivity contribution in [2.24, 2.45) is 11.7 Å². The second kappa shape index (κ2) is 15.7. The van der Waals surface area contributed by atoms with Crippen molar-refractivity contribution in [1.29, 1.82) is 0 Å². The maximum absolute atomic E-state index is 5.74. The molecule has 0 saturated carbocycles. The number of benzene rings is 2. The first-order chi connectivity index (χ1) is 19.4. The topological polar surface area (TPSA) is 41.3 Å². The van der Waals surface area contributed by atoms with Gasteiger partial charge < -0.3 is 16.0 Å². The zero-order valence-electron chi connectivity index (χ0n) is 28.0. The van der Waals surface area contributed by atoms with Crippen LogP contribution in [0.1, 0.15) is 120 Å².